The lowest BCUT2D eigenvalue weighted by atomic mass is 9.89. The number of hydrogen-bond donors (Lipinski definition) is 1. The Labute approximate surface area is 103 Å². The normalized spacial score (nSPS) is 29.6. The molecule has 1 nitrogen and oxygen atoms in total. The lowest BCUT2D eigenvalue weighted by molar-refractivity contribution is 0.419. The molecule has 88 valence electrons. The number of benzene rings is 1. The number of hydrogen-bond acceptors (Lipinski definition) is 1. The molecule has 2 heteroatoms. The zero-order chi connectivity index (χ0) is 11.8. The molecule has 2 unspecified atom stereocenters. The highest BCUT2D eigenvalue weighted by atomic mass is 35.5. The van der Waals surface area contributed by atoms with Crippen LogP contribution in [0.25, 0.3) is 0 Å². The van der Waals surface area contributed by atoms with E-state index in [4.69, 9.17) is 17.3 Å². The van der Waals surface area contributed by atoms with E-state index in [9.17, 15) is 0 Å². The van der Waals surface area contributed by atoms with Gasteiger partial charge in [0.05, 0.1) is 0 Å². The van der Waals surface area contributed by atoms with Gasteiger partial charge < -0.3 is 5.73 Å². The molecule has 2 N–H and O–H groups in total. The Bertz CT molecular complexity index is 388. The molecule has 1 aromatic rings. The lowest BCUT2D eigenvalue weighted by Gasteiger charge is -2.24. The molecule has 1 aliphatic carbocycles. The first-order valence-electron chi connectivity index (χ1n) is 6.02. The van der Waals surface area contributed by atoms with E-state index in [-0.39, 0.29) is 5.54 Å². The van der Waals surface area contributed by atoms with Crippen molar-refractivity contribution in [3.63, 3.8) is 0 Å². The highest BCUT2D eigenvalue weighted by Crippen LogP contribution is 2.36. The van der Waals surface area contributed by atoms with Crippen LogP contribution in [-0.2, 0) is 6.42 Å². The molecule has 16 heavy (non-hydrogen) atoms. The first kappa shape index (κ1) is 11.9. The molecule has 2 atom stereocenters. The lowest BCUT2D eigenvalue weighted by Crippen LogP contribution is -2.39. The summed E-state index contributed by atoms with van der Waals surface area (Å²) in [5, 5.41) is 0.865. The summed E-state index contributed by atoms with van der Waals surface area (Å²) in [6.07, 6.45) is 4.41. The molecule has 0 heterocycles. The predicted octanol–water partition coefficient (Wildman–Crippen LogP) is 3.71. The van der Waals surface area contributed by atoms with Gasteiger partial charge in [0.25, 0.3) is 0 Å². The van der Waals surface area contributed by atoms with Crippen molar-refractivity contribution in [2.24, 2.45) is 11.7 Å². The third kappa shape index (κ3) is 2.58. The minimum atomic E-state index is -0.0294. The Hall–Kier alpha value is -0.530. The van der Waals surface area contributed by atoms with Gasteiger partial charge in [-0.05, 0) is 55.7 Å². The average molecular weight is 238 g/mol. The van der Waals surface area contributed by atoms with Crippen LogP contribution >= 0.6 is 11.6 Å². The second kappa shape index (κ2) is 4.38. The molecule has 0 bridgehead atoms. The minimum Gasteiger partial charge on any atom is -0.325 e. The number of aryl methyl sites for hydroxylation is 1. The second-order valence-electron chi connectivity index (χ2n) is 5.48. The van der Waals surface area contributed by atoms with Gasteiger partial charge in [-0.15, -0.1) is 0 Å². The molecule has 1 saturated carbocycles. The van der Waals surface area contributed by atoms with E-state index in [0.717, 1.165) is 30.2 Å². The third-order valence-electron chi connectivity index (χ3n) is 3.64. The third-order valence-corrected chi connectivity index (χ3v) is 3.99. The van der Waals surface area contributed by atoms with Crippen LogP contribution in [0.4, 0.5) is 0 Å². The minimum absolute atomic E-state index is 0.0294. The number of halogens is 1. The Morgan fingerprint density at radius 3 is 2.81 bits per heavy atom. The van der Waals surface area contributed by atoms with E-state index in [0.29, 0.717) is 0 Å². The summed E-state index contributed by atoms with van der Waals surface area (Å²) in [5.41, 5.74) is 8.81. The maximum atomic E-state index is 6.43. The van der Waals surface area contributed by atoms with Crippen molar-refractivity contribution in [3.05, 3.63) is 34.3 Å². The van der Waals surface area contributed by atoms with Crippen molar-refractivity contribution >= 4 is 11.6 Å². The molecule has 1 aromatic carbocycles. The zero-order valence-electron chi connectivity index (χ0n) is 10.1. The summed E-state index contributed by atoms with van der Waals surface area (Å²) in [7, 11) is 0. The molecule has 0 aromatic heterocycles. The molecule has 0 amide bonds. The van der Waals surface area contributed by atoms with Crippen LogP contribution in [0.5, 0.6) is 0 Å². The van der Waals surface area contributed by atoms with Crippen LogP contribution < -0.4 is 5.73 Å². The fourth-order valence-corrected chi connectivity index (χ4v) is 3.07. The average Bonchev–Trinajstić information content (AvgIpc) is 2.52. The molecule has 0 spiro atoms. The van der Waals surface area contributed by atoms with Crippen molar-refractivity contribution in [2.45, 2.75) is 45.1 Å². The van der Waals surface area contributed by atoms with Gasteiger partial charge in [0, 0.05) is 10.6 Å². The van der Waals surface area contributed by atoms with E-state index in [2.05, 4.69) is 26.0 Å². The Morgan fingerprint density at radius 1 is 1.50 bits per heavy atom. The summed E-state index contributed by atoms with van der Waals surface area (Å²) in [5.74, 6) is 0.759. The van der Waals surface area contributed by atoms with E-state index < -0.39 is 0 Å². The maximum absolute atomic E-state index is 6.43. The molecular formula is C14H20ClN. The molecule has 0 radical (unpaired) electrons. The summed E-state index contributed by atoms with van der Waals surface area (Å²) in [4.78, 5) is 0. The fourth-order valence-electron chi connectivity index (χ4n) is 2.77. The van der Waals surface area contributed by atoms with Gasteiger partial charge in [-0.3, -0.25) is 0 Å². The highest BCUT2D eigenvalue weighted by Gasteiger charge is 2.33. The summed E-state index contributed by atoms with van der Waals surface area (Å²) in [6.45, 7) is 4.34. The van der Waals surface area contributed by atoms with Crippen LogP contribution in [0, 0.1) is 12.8 Å². The maximum Gasteiger partial charge on any atom is 0.0441 e. The largest absolute Gasteiger partial charge is 0.325 e. The van der Waals surface area contributed by atoms with Gasteiger partial charge >= 0.3 is 0 Å². The van der Waals surface area contributed by atoms with E-state index >= 15 is 0 Å². The Morgan fingerprint density at radius 2 is 2.25 bits per heavy atom. The van der Waals surface area contributed by atoms with Gasteiger partial charge in [0.1, 0.15) is 0 Å². The van der Waals surface area contributed by atoms with Crippen molar-refractivity contribution in [1.29, 1.82) is 0 Å². The summed E-state index contributed by atoms with van der Waals surface area (Å²) in [6, 6.07) is 6.26. The zero-order valence-corrected chi connectivity index (χ0v) is 10.8. The van der Waals surface area contributed by atoms with Crippen LogP contribution in [0.1, 0.15) is 37.3 Å². The molecule has 2 rings (SSSR count). The standard InChI is InChI=1S/C14H20ClN/c1-10-3-4-12(13(15)7-10)9-14(16)6-5-11(2)8-14/h3-4,7,11H,5-6,8-9,16H2,1-2H3. The smallest absolute Gasteiger partial charge is 0.0441 e. The Kier molecular flexibility index (Phi) is 3.27. The number of rotatable bonds is 2. The fraction of sp³-hybridized carbons (Fsp3) is 0.571. The molecule has 0 aliphatic heterocycles. The topological polar surface area (TPSA) is 26.0 Å². The van der Waals surface area contributed by atoms with E-state index in [1.165, 1.54) is 17.5 Å². The van der Waals surface area contributed by atoms with Crippen LogP contribution in [0.3, 0.4) is 0 Å². The first-order chi connectivity index (χ1) is 7.48. The monoisotopic (exact) mass is 237 g/mol. The van der Waals surface area contributed by atoms with Crippen molar-refractivity contribution in [1.82, 2.24) is 0 Å². The SMILES string of the molecule is Cc1ccc(CC2(N)CCC(C)C2)c(Cl)c1. The van der Waals surface area contributed by atoms with Gasteiger partial charge in [0.2, 0.25) is 0 Å². The van der Waals surface area contributed by atoms with Gasteiger partial charge in [0.15, 0.2) is 0 Å². The first-order valence-corrected chi connectivity index (χ1v) is 6.40. The van der Waals surface area contributed by atoms with Gasteiger partial charge in [-0.25, -0.2) is 0 Å². The summed E-state index contributed by atoms with van der Waals surface area (Å²) < 4.78 is 0. The number of nitrogens with two attached hydrogens (primary N) is 1. The highest BCUT2D eigenvalue weighted by molar-refractivity contribution is 6.31. The van der Waals surface area contributed by atoms with Crippen LogP contribution in [-0.4, -0.2) is 5.54 Å². The van der Waals surface area contributed by atoms with Crippen LogP contribution in [0.2, 0.25) is 5.02 Å². The quantitative estimate of drug-likeness (QED) is 0.834. The molecule has 0 saturated heterocycles. The Balaban J connectivity index is 2.14. The molecule has 1 aliphatic rings. The predicted molar refractivity (Wildman–Crippen MR) is 69.8 cm³/mol. The second-order valence-corrected chi connectivity index (χ2v) is 5.89. The van der Waals surface area contributed by atoms with Crippen molar-refractivity contribution in [3.8, 4) is 0 Å². The van der Waals surface area contributed by atoms with Crippen molar-refractivity contribution in [2.75, 3.05) is 0 Å². The van der Waals surface area contributed by atoms with Crippen molar-refractivity contribution < 1.29 is 0 Å². The molecular weight excluding hydrogens is 218 g/mol. The van der Waals surface area contributed by atoms with E-state index in [1.54, 1.807) is 0 Å². The van der Waals surface area contributed by atoms with Crippen LogP contribution in [0.15, 0.2) is 18.2 Å². The van der Waals surface area contributed by atoms with Gasteiger partial charge in [-0.1, -0.05) is 30.7 Å². The van der Waals surface area contributed by atoms with Gasteiger partial charge in [-0.2, -0.15) is 0 Å². The summed E-state index contributed by atoms with van der Waals surface area (Å²) >= 11 is 6.25. The van der Waals surface area contributed by atoms with E-state index in [1.807, 2.05) is 6.07 Å². The molecule has 1 fully saturated rings.